The Hall–Kier alpha value is -1.35. The van der Waals surface area contributed by atoms with Crippen LogP contribution in [0.25, 0.3) is 0 Å². The van der Waals surface area contributed by atoms with Crippen molar-refractivity contribution in [2.45, 2.75) is 26.8 Å². The summed E-state index contributed by atoms with van der Waals surface area (Å²) in [5.74, 6) is 1.17. The third-order valence-corrected chi connectivity index (χ3v) is 4.16. The summed E-state index contributed by atoms with van der Waals surface area (Å²) in [6, 6.07) is 7.32. The van der Waals surface area contributed by atoms with Crippen molar-refractivity contribution in [3.63, 3.8) is 0 Å². The van der Waals surface area contributed by atoms with E-state index in [2.05, 4.69) is 32.5 Å². The van der Waals surface area contributed by atoms with Gasteiger partial charge in [0.1, 0.15) is 5.75 Å². The van der Waals surface area contributed by atoms with Gasteiger partial charge < -0.3 is 15.3 Å². The molecule has 7 heteroatoms. The van der Waals surface area contributed by atoms with Gasteiger partial charge in [-0.3, -0.25) is 4.99 Å². The third kappa shape index (κ3) is 6.64. The lowest BCUT2D eigenvalue weighted by Crippen LogP contribution is -2.38. The lowest BCUT2D eigenvalue weighted by atomic mass is 10.1. The van der Waals surface area contributed by atoms with Crippen molar-refractivity contribution < 1.29 is 5.11 Å². The highest BCUT2D eigenvalue weighted by Crippen LogP contribution is 2.12. The largest absolute Gasteiger partial charge is 0.508 e. The monoisotopic (exact) mass is 460 g/mol. The number of nitrogens with one attached hydrogen (secondary N) is 1. The number of nitrogens with zero attached hydrogens (tertiary/aromatic N) is 3. The van der Waals surface area contributed by atoms with Crippen molar-refractivity contribution in [1.82, 2.24) is 15.2 Å². The molecule has 5 nitrogen and oxygen atoms in total. The number of benzene rings is 1. The first kappa shape index (κ1) is 20.7. The smallest absolute Gasteiger partial charge is 0.194 e. The summed E-state index contributed by atoms with van der Waals surface area (Å²) in [4.78, 5) is 11.2. The van der Waals surface area contributed by atoms with E-state index in [0.29, 0.717) is 12.3 Å². The van der Waals surface area contributed by atoms with Crippen LogP contribution in [-0.4, -0.2) is 41.1 Å². The van der Waals surface area contributed by atoms with Crippen molar-refractivity contribution in [3.8, 4) is 5.75 Å². The van der Waals surface area contributed by atoms with Gasteiger partial charge in [0.2, 0.25) is 0 Å². The molecule has 0 aliphatic carbocycles. The molecule has 0 saturated heterocycles. The van der Waals surface area contributed by atoms with E-state index in [-0.39, 0.29) is 24.0 Å². The standard InChI is InChI=1S/C17H24N4OS.HI/c1-4-18-17(21(3)11-15-12-23-13(2)20-15)19-9-8-14-6-5-7-16(22)10-14;/h5-7,10,12,22H,4,8-9,11H2,1-3H3,(H,18,19);1H. The molecule has 1 heterocycles. The van der Waals surface area contributed by atoms with E-state index < -0.39 is 0 Å². The zero-order chi connectivity index (χ0) is 16.7. The summed E-state index contributed by atoms with van der Waals surface area (Å²) < 4.78 is 0. The molecule has 2 rings (SSSR count). The minimum absolute atomic E-state index is 0. The van der Waals surface area contributed by atoms with Gasteiger partial charge in [0.25, 0.3) is 0 Å². The molecular formula is C17H25IN4OS. The number of aryl methyl sites for hydroxylation is 1. The number of phenolic OH excluding ortho intramolecular Hbond substituents is 1. The van der Waals surface area contributed by atoms with Crippen molar-refractivity contribution >= 4 is 41.3 Å². The summed E-state index contributed by atoms with van der Waals surface area (Å²) in [5, 5.41) is 16.0. The van der Waals surface area contributed by atoms with Crippen LogP contribution in [0.1, 0.15) is 23.2 Å². The second-order valence-electron chi connectivity index (χ2n) is 5.37. The number of rotatable bonds is 6. The highest BCUT2D eigenvalue weighted by atomic mass is 127. The van der Waals surface area contributed by atoms with Gasteiger partial charge >= 0.3 is 0 Å². The predicted molar refractivity (Wildman–Crippen MR) is 112 cm³/mol. The molecule has 0 atom stereocenters. The SMILES string of the molecule is CCNC(=NCCc1cccc(O)c1)N(C)Cc1csc(C)n1.I. The molecule has 0 aliphatic heterocycles. The summed E-state index contributed by atoms with van der Waals surface area (Å²) in [6.07, 6.45) is 0.799. The van der Waals surface area contributed by atoms with Crippen LogP contribution >= 0.6 is 35.3 Å². The van der Waals surface area contributed by atoms with Crippen LogP contribution in [0, 0.1) is 6.92 Å². The number of aromatic nitrogens is 1. The first-order chi connectivity index (χ1) is 11.1. The van der Waals surface area contributed by atoms with E-state index in [1.54, 1.807) is 23.5 Å². The molecule has 0 spiro atoms. The van der Waals surface area contributed by atoms with Crippen LogP contribution in [-0.2, 0) is 13.0 Å². The molecule has 0 aliphatic rings. The Bertz CT molecular complexity index is 660. The summed E-state index contributed by atoms with van der Waals surface area (Å²) in [7, 11) is 2.02. The molecule has 24 heavy (non-hydrogen) atoms. The Morgan fingerprint density at radius 1 is 1.42 bits per heavy atom. The number of phenols is 1. The Kier molecular flexibility index (Phi) is 9.05. The third-order valence-electron chi connectivity index (χ3n) is 3.33. The molecule has 0 radical (unpaired) electrons. The van der Waals surface area contributed by atoms with Gasteiger partial charge in [-0.1, -0.05) is 12.1 Å². The van der Waals surface area contributed by atoms with Crippen LogP contribution in [0.2, 0.25) is 0 Å². The van der Waals surface area contributed by atoms with E-state index in [4.69, 9.17) is 0 Å². The average Bonchev–Trinajstić information content (AvgIpc) is 2.91. The van der Waals surface area contributed by atoms with Crippen molar-refractivity contribution in [1.29, 1.82) is 0 Å². The number of guanidine groups is 1. The topological polar surface area (TPSA) is 60.8 Å². The van der Waals surface area contributed by atoms with Crippen molar-refractivity contribution in [2.75, 3.05) is 20.1 Å². The van der Waals surface area contributed by atoms with Gasteiger partial charge in [-0.15, -0.1) is 35.3 Å². The maximum Gasteiger partial charge on any atom is 0.194 e. The fourth-order valence-electron chi connectivity index (χ4n) is 2.27. The summed E-state index contributed by atoms with van der Waals surface area (Å²) >= 11 is 1.67. The number of aromatic hydroxyl groups is 1. The Morgan fingerprint density at radius 3 is 2.83 bits per heavy atom. The van der Waals surface area contributed by atoms with Crippen LogP contribution in [0.3, 0.4) is 0 Å². The van der Waals surface area contributed by atoms with Crippen molar-refractivity contribution in [3.05, 3.63) is 45.9 Å². The van der Waals surface area contributed by atoms with E-state index in [1.807, 2.05) is 26.1 Å². The van der Waals surface area contributed by atoms with Crippen LogP contribution in [0.5, 0.6) is 5.75 Å². The van der Waals surface area contributed by atoms with Crippen molar-refractivity contribution in [2.24, 2.45) is 4.99 Å². The summed E-state index contributed by atoms with van der Waals surface area (Å²) in [6.45, 7) is 6.31. The minimum atomic E-state index is 0. The lowest BCUT2D eigenvalue weighted by molar-refractivity contribution is 0.470. The molecule has 2 aromatic rings. The molecular weight excluding hydrogens is 435 g/mol. The zero-order valence-electron chi connectivity index (χ0n) is 14.3. The second-order valence-corrected chi connectivity index (χ2v) is 6.43. The Morgan fingerprint density at radius 2 is 2.21 bits per heavy atom. The van der Waals surface area contributed by atoms with Crippen LogP contribution in [0.4, 0.5) is 0 Å². The maximum absolute atomic E-state index is 9.50. The van der Waals surface area contributed by atoms with Gasteiger partial charge in [-0.2, -0.15) is 0 Å². The number of aliphatic imine (C=N–C) groups is 1. The highest BCUT2D eigenvalue weighted by molar-refractivity contribution is 14.0. The van der Waals surface area contributed by atoms with E-state index in [1.165, 1.54) is 0 Å². The van der Waals surface area contributed by atoms with Gasteiger partial charge in [0.05, 0.1) is 17.2 Å². The summed E-state index contributed by atoms with van der Waals surface area (Å²) in [5.41, 5.74) is 2.15. The minimum Gasteiger partial charge on any atom is -0.508 e. The van der Waals surface area contributed by atoms with Gasteiger partial charge in [0.15, 0.2) is 5.96 Å². The number of hydrogen-bond donors (Lipinski definition) is 2. The fourth-order valence-corrected chi connectivity index (χ4v) is 2.88. The van der Waals surface area contributed by atoms with E-state index in [9.17, 15) is 5.11 Å². The molecule has 0 unspecified atom stereocenters. The van der Waals surface area contributed by atoms with Crippen LogP contribution in [0.15, 0.2) is 34.6 Å². The molecule has 1 aromatic carbocycles. The quantitative estimate of drug-likeness (QED) is 0.394. The molecule has 0 amide bonds. The first-order valence-corrected chi connectivity index (χ1v) is 8.64. The Labute approximate surface area is 164 Å². The highest BCUT2D eigenvalue weighted by Gasteiger charge is 2.08. The average molecular weight is 460 g/mol. The lowest BCUT2D eigenvalue weighted by Gasteiger charge is -2.21. The molecule has 0 bridgehead atoms. The van der Waals surface area contributed by atoms with Crippen LogP contribution < -0.4 is 5.32 Å². The normalized spacial score (nSPS) is 11.0. The zero-order valence-corrected chi connectivity index (χ0v) is 17.5. The number of thiazole rings is 1. The van der Waals surface area contributed by atoms with E-state index >= 15 is 0 Å². The van der Waals surface area contributed by atoms with Gasteiger partial charge in [0, 0.05) is 25.5 Å². The van der Waals surface area contributed by atoms with Gasteiger partial charge in [-0.05, 0) is 38.0 Å². The maximum atomic E-state index is 9.50. The number of halogens is 1. The first-order valence-electron chi connectivity index (χ1n) is 7.77. The molecule has 1 aromatic heterocycles. The molecule has 132 valence electrons. The van der Waals surface area contributed by atoms with Gasteiger partial charge in [-0.25, -0.2) is 4.98 Å². The second kappa shape index (κ2) is 10.5. The molecule has 0 fully saturated rings. The van der Waals surface area contributed by atoms with E-state index in [0.717, 1.165) is 41.7 Å². The number of hydrogen-bond acceptors (Lipinski definition) is 4. The fraction of sp³-hybridized carbons (Fsp3) is 0.412. The molecule has 2 N–H and O–H groups in total. The molecule has 0 saturated carbocycles. The Balaban J connectivity index is 0.00000288. The predicted octanol–water partition coefficient (Wildman–Crippen LogP) is 3.42.